The molecule has 4 aromatic rings. The van der Waals surface area contributed by atoms with Crippen molar-refractivity contribution in [2.45, 2.75) is 21.9 Å². The highest BCUT2D eigenvalue weighted by Crippen LogP contribution is 2.34. The van der Waals surface area contributed by atoms with E-state index in [1.54, 1.807) is 0 Å². The van der Waals surface area contributed by atoms with Crippen molar-refractivity contribution >= 4 is 90.3 Å². The van der Waals surface area contributed by atoms with Crippen molar-refractivity contribution in [1.29, 1.82) is 0 Å². The van der Waals surface area contributed by atoms with Crippen LogP contribution in [0.1, 0.15) is 0 Å². The zero-order chi connectivity index (χ0) is 52.9. The van der Waals surface area contributed by atoms with Gasteiger partial charge in [0.05, 0.1) is 23.0 Å². The van der Waals surface area contributed by atoms with E-state index in [2.05, 4.69) is 0 Å². The Hall–Kier alpha value is -5.31. The quantitative estimate of drug-likeness (QED) is 0.0399. The van der Waals surface area contributed by atoms with Crippen molar-refractivity contribution in [3.8, 4) is 23.0 Å². The van der Waals surface area contributed by atoms with Crippen LogP contribution in [0.2, 0.25) is 10.0 Å². The minimum Gasteiger partial charge on any atom is -0.451 e. The molecule has 6 rings (SSSR count). The van der Waals surface area contributed by atoms with Gasteiger partial charge in [0.1, 0.15) is 36.8 Å². The van der Waals surface area contributed by atoms with E-state index >= 15 is 0 Å². The highest BCUT2D eigenvalue weighted by Gasteiger charge is 2.44. The molecule has 2 heterocycles. The lowest BCUT2D eigenvalue weighted by Crippen LogP contribution is -2.61. The van der Waals surface area contributed by atoms with E-state index in [4.69, 9.17) is 62.0 Å². The van der Waals surface area contributed by atoms with Crippen molar-refractivity contribution in [2.24, 2.45) is 0 Å². The minimum absolute atomic E-state index is 0. The van der Waals surface area contributed by atoms with E-state index in [-0.39, 0.29) is 74.1 Å². The molecule has 0 bridgehead atoms. The van der Waals surface area contributed by atoms with Crippen molar-refractivity contribution in [3.63, 3.8) is 0 Å². The van der Waals surface area contributed by atoms with E-state index in [9.17, 15) is 53.6 Å². The lowest BCUT2D eigenvalue weighted by molar-refractivity contribution is -0.135. The second kappa shape index (κ2) is 27.3. The number of piperazine rings is 2. The van der Waals surface area contributed by atoms with E-state index in [1.165, 1.54) is 73.7 Å². The number of carbonyl (C=O) groups is 4. The fourth-order valence-electron chi connectivity index (χ4n) is 6.70. The first-order valence-electron chi connectivity index (χ1n) is 20.7. The average molecular weight is 1120 g/mol. The van der Waals surface area contributed by atoms with E-state index in [1.807, 2.05) is 0 Å². The first-order valence-corrected chi connectivity index (χ1v) is 24.4. The number of nitrogens with zero attached hydrogens (tertiary/aromatic N) is 4. The number of ether oxygens (including phenoxy) is 6. The topological polar surface area (TPSA) is 269 Å². The van der Waals surface area contributed by atoms with Gasteiger partial charge in [-0.1, -0.05) is 23.2 Å². The van der Waals surface area contributed by atoms with Crippen LogP contribution in [0.4, 0.5) is 27.2 Å². The van der Waals surface area contributed by atoms with Crippen molar-refractivity contribution in [3.05, 3.63) is 106 Å². The predicted molar refractivity (Wildman–Crippen MR) is 246 cm³/mol. The van der Waals surface area contributed by atoms with E-state index < -0.39 is 127 Å². The third-order valence-corrected chi connectivity index (χ3v) is 14.5. The van der Waals surface area contributed by atoms with Crippen LogP contribution in [0, 0.1) is 23.3 Å². The van der Waals surface area contributed by atoms with Gasteiger partial charge in [-0.25, -0.2) is 54.9 Å². The number of methoxy groups -OCH3 is 2. The highest BCUT2D eigenvalue weighted by molar-refractivity contribution is 7.89. The van der Waals surface area contributed by atoms with Gasteiger partial charge in [0.15, 0.2) is 34.8 Å². The lowest BCUT2D eigenvalue weighted by Gasteiger charge is -2.38. The predicted octanol–water partition coefficient (Wildman–Crippen LogP) is 4.37. The Kier molecular flexibility index (Phi) is 22.5. The molecule has 2 unspecified atom stereocenters. The molecule has 2 radical (unpaired) electrons. The van der Waals surface area contributed by atoms with Crippen molar-refractivity contribution < 1.29 is 92.4 Å². The number of hydrogen-bond donors (Lipinski definition) is 4. The second-order valence-electron chi connectivity index (χ2n) is 14.9. The Morgan fingerprint density at radius 3 is 1.18 bits per heavy atom. The van der Waals surface area contributed by atoms with Gasteiger partial charge in [-0.05, 0) is 72.8 Å². The Balaban J connectivity index is 0.000000312. The number of hydroxylamine groups is 2. The van der Waals surface area contributed by atoms with Crippen molar-refractivity contribution in [2.75, 3.05) is 79.9 Å². The monoisotopic (exact) mass is 1120 g/mol. The number of benzene rings is 4. The third kappa shape index (κ3) is 15.4. The molecular formula is C42H44Cl2F4MgN6O16S2. The van der Waals surface area contributed by atoms with E-state index in [0.29, 0.717) is 42.9 Å². The summed E-state index contributed by atoms with van der Waals surface area (Å²) in [6.45, 7) is -2.11. The molecule has 394 valence electrons. The van der Waals surface area contributed by atoms with Crippen LogP contribution in [0.5, 0.6) is 23.0 Å². The summed E-state index contributed by atoms with van der Waals surface area (Å²) < 4.78 is 143. The summed E-state index contributed by atoms with van der Waals surface area (Å²) in [5, 5.41) is 18.9. The Labute approximate surface area is 440 Å². The maximum atomic E-state index is 14.7. The molecule has 4 N–H and O–H groups in total. The maximum Gasteiger partial charge on any atom is 0.409 e. The summed E-state index contributed by atoms with van der Waals surface area (Å²) >= 11 is 11.5. The smallest absolute Gasteiger partial charge is 0.409 e. The van der Waals surface area contributed by atoms with Gasteiger partial charge in [-0.15, -0.1) is 0 Å². The molecule has 4 aromatic carbocycles. The van der Waals surface area contributed by atoms with Gasteiger partial charge in [-0.3, -0.25) is 20.0 Å². The molecule has 31 heteroatoms. The van der Waals surface area contributed by atoms with Gasteiger partial charge in [0.25, 0.3) is 11.8 Å². The first-order chi connectivity index (χ1) is 34.2. The molecular weight excluding hydrogens is 1080 g/mol. The standard InChI is InChI=1S/2C21H22ClF2N3O8S.Mg/c2*1-33-8-9-34-21(29)26-6-7-27(18(12-26)20(28)25-30)36(31,32)15-10-16(23)19(17(24)11-15)35-14-4-2-13(22)3-5-14;/h2*2-5,10-11,18,30H,6-9,12H2,1H3,(H,25,28);. The summed E-state index contributed by atoms with van der Waals surface area (Å²) in [5.74, 6) is -9.14. The Bertz CT molecular complexity index is 2580. The van der Waals surface area contributed by atoms with Gasteiger partial charge < -0.3 is 38.2 Å². The summed E-state index contributed by atoms with van der Waals surface area (Å²) in [6, 6.07) is 10.2. The van der Waals surface area contributed by atoms with Gasteiger partial charge >= 0.3 is 12.2 Å². The van der Waals surface area contributed by atoms with Crippen LogP contribution >= 0.6 is 23.2 Å². The number of sulfonamides is 2. The van der Waals surface area contributed by atoms with Crippen LogP contribution in [-0.4, -0.2) is 185 Å². The van der Waals surface area contributed by atoms with Crippen molar-refractivity contribution in [1.82, 2.24) is 29.4 Å². The number of halogens is 6. The summed E-state index contributed by atoms with van der Waals surface area (Å²) in [5.41, 5.74) is 2.68. The molecule has 4 amide bonds. The fourth-order valence-corrected chi connectivity index (χ4v) is 10.1. The Morgan fingerprint density at radius 1 is 0.575 bits per heavy atom. The zero-order valence-electron chi connectivity index (χ0n) is 38.3. The van der Waals surface area contributed by atoms with Crippen LogP contribution in [-0.2, 0) is 48.6 Å². The number of hydrogen-bond acceptors (Lipinski definition) is 16. The number of rotatable bonds is 16. The number of carbonyl (C=O) groups excluding carboxylic acids is 4. The molecule has 0 spiro atoms. The zero-order valence-corrected chi connectivity index (χ0v) is 42.9. The molecule has 73 heavy (non-hydrogen) atoms. The summed E-state index contributed by atoms with van der Waals surface area (Å²) in [6.07, 6.45) is -1.67. The summed E-state index contributed by atoms with van der Waals surface area (Å²) in [7, 11) is -6.53. The molecule has 2 atom stereocenters. The normalized spacial score (nSPS) is 16.2. The molecule has 22 nitrogen and oxygen atoms in total. The van der Waals surface area contributed by atoms with Crippen LogP contribution in [0.25, 0.3) is 0 Å². The van der Waals surface area contributed by atoms with Gasteiger partial charge in [-0.2, -0.15) is 8.61 Å². The molecule has 2 saturated heterocycles. The average Bonchev–Trinajstić information content (AvgIpc) is 3.36. The second-order valence-corrected chi connectivity index (χ2v) is 19.5. The molecule has 2 aliphatic rings. The number of nitrogens with one attached hydrogen (secondary N) is 2. The van der Waals surface area contributed by atoms with Crippen LogP contribution in [0.15, 0.2) is 82.6 Å². The van der Waals surface area contributed by atoms with E-state index in [0.717, 1.165) is 9.80 Å². The minimum atomic E-state index is -4.67. The largest absolute Gasteiger partial charge is 0.451 e. The molecule has 2 fully saturated rings. The van der Waals surface area contributed by atoms with Crippen LogP contribution < -0.4 is 20.4 Å². The summed E-state index contributed by atoms with van der Waals surface area (Å²) in [4.78, 5) is 49.5. The molecule has 0 aliphatic carbocycles. The van der Waals surface area contributed by atoms with Gasteiger partial charge in [0, 0.05) is 86.6 Å². The Morgan fingerprint density at radius 2 is 0.890 bits per heavy atom. The SMILES string of the molecule is COCCOC(=O)N1CCN(S(=O)(=O)c2cc(F)c(Oc3ccc(Cl)cc3)c(F)c2)C(C(=O)NO)C1.COCCOC(=O)N1CCN(S(=O)(=O)c2cc(F)c(Oc3ccc(Cl)cc3)c(F)c2)C(C(=O)NO)C1.[Mg]. The number of amides is 4. The van der Waals surface area contributed by atoms with Gasteiger partial charge in [0.2, 0.25) is 20.0 Å². The third-order valence-electron chi connectivity index (χ3n) is 10.3. The molecule has 0 saturated carbocycles. The molecule has 2 aliphatic heterocycles. The first kappa shape index (κ1) is 60.2. The lowest BCUT2D eigenvalue weighted by atomic mass is 10.2. The molecule has 0 aromatic heterocycles. The fraction of sp³-hybridized carbons (Fsp3) is 0.333. The highest BCUT2D eigenvalue weighted by atomic mass is 35.5. The maximum absolute atomic E-state index is 14.7. The van der Waals surface area contributed by atoms with Crippen LogP contribution in [0.3, 0.4) is 0 Å².